The molecule has 2 N–H and O–H groups in total. The van der Waals surface area contributed by atoms with Crippen LogP contribution in [0.25, 0.3) is 0 Å². The molecule has 2 nitrogen and oxygen atoms in total. The van der Waals surface area contributed by atoms with E-state index in [9.17, 15) is 14.6 Å². The maximum atomic E-state index is 14.1. The molecular formula is C17H18BrFO2. The lowest BCUT2D eigenvalue weighted by atomic mass is 9.76. The molecule has 2 rings (SSSR count). The minimum atomic E-state index is -0.888. The Balaban J connectivity index is 2.43. The van der Waals surface area contributed by atoms with Crippen LogP contribution in [-0.4, -0.2) is 23.4 Å². The van der Waals surface area contributed by atoms with Crippen LogP contribution in [0.3, 0.4) is 0 Å². The average molecular weight is 353 g/mol. The van der Waals surface area contributed by atoms with Crippen LogP contribution in [0.2, 0.25) is 0 Å². The van der Waals surface area contributed by atoms with Gasteiger partial charge in [0.25, 0.3) is 0 Å². The fourth-order valence-corrected chi connectivity index (χ4v) is 2.78. The first-order chi connectivity index (χ1) is 10.0. The summed E-state index contributed by atoms with van der Waals surface area (Å²) in [6.07, 6.45) is 0.239. The van der Waals surface area contributed by atoms with Crippen molar-refractivity contribution in [2.75, 3.05) is 13.2 Å². The van der Waals surface area contributed by atoms with Crippen molar-refractivity contribution in [3.05, 3.63) is 69.4 Å². The molecule has 0 bridgehead atoms. The van der Waals surface area contributed by atoms with Gasteiger partial charge < -0.3 is 10.2 Å². The Bertz CT molecular complexity index is 624. The molecule has 0 aliphatic heterocycles. The molecule has 4 heteroatoms. The standard InChI is InChI=1S/C17H18BrFO2/c1-12-3-2-4-14(7-12)17(10-20,11-21)9-13-5-6-15(18)8-16(13)19/h2-8,20-21H,9-11H2,1H3. The number of benzene rings is 2. The zero-order chi connectivity index (χ0) is 15.5. The second-order valence-electron chi connectivity index (χ2n) is 5.38. The summed E-state index contributed by atoms with van der Waals surface area (Å²) < 4.78 is 14.7. The molecule has 2 aromatic rings. The van der Waals surface area contributed by atoms with Crippen LogP contribution in [0, 0.1) is 12.7 Å². The Morgan fingerprint density at radius 2 is 1.81 bits per heavy atom. The van der Waals surface area contributed by atoms with Crippen molar-refractivity contribution >= 4 is 15.9 Å². The normalized spacial score (nSPS) is 11.7. The predicted molar refractivity (Wildman–Crippen MR) is 84.8 cm³/mol. The summed E-state index contributed by atoms with van der Waals surface area (Å²) in [7, 11) is 0. The number of rotatable bonds is 5. The molecule has 0 aliphatic carbocycles. The number of aryl methyl sites for hydroxylation is 1. The fraction of sp³-hybridized carbons (Fsp3) is 0.294. The van der Waals surface area contributed by atoms with Crippen LogP contribution in [0.1, 0.15) is 16.7 Å². The van der Waals surface area contributed by atoms with Gasteiger partial charge in [-0.15, -0.1) is 0 Å². The van der Waals surface area contributed by atoms with Crippen LogP contribution in [-0.2, 0) is 11.8 Å². The first kappa shape index (κ1) is 16.1. The zero-order valence-electron chi connectivity index (χ0n) is 11.8. The van der Waals surface area contributed by atoms with E-state index in [2.05, 4.69) is 15.9 Å². The SMILES string of the molecule is Cc1cccc(C(CO)(CO)Cc2ccc(Br)cc2F)c1. The van der Waals surface area contributed by atoms with Crippen molar-refractivity contribution in [2.45, 2.75) is 18.8 Å². The Hall–Kier alpha value is -1.23. The number of halogens is 2. The smallest absolute Gasteiger partial charge is 0.127 e. The molecule has 0 spiro atoms. The summed E-state index contributed by atoms with van der Waals surface area (Å²) in [5.41, 5.74) is 1.44. The molecular weight excluding hydrogens is 335 g/mol. The molecule has 0 saturated carbocycles. The zero-order valence-corrected chi connectivity index (χ0v) is 13.4. The van der Waals surface area contributed by atoms with Gasteiger partial charge in [0, 0.05) is 9.89 Å². The van der Waals surface area contributed by atoms with E-state index in [4.69, 9.17) is 0 Å². The number of hydrogen-bond acceptors (Lipinski definition) is 2. The number of aliphatic hydroxyl groups excluding tert-OH is 2. The largest absolute Gasteiger partial charge is 0.395 e. The Morgan fingerprint density at radius 1 is 1.10 bits per heavy atom. The Kier molecular flexibility index (Phi) is 5.14. The van der Waals surface area contributed by atoms with E-state index >= 15 is 0 Å². The van der Waals surface area contributed by atoms with Gasteiger partial charge in [0.1, 0.15) is 5.82 Å². The summed E-state index contributed by atoms with van der Waals surface area (Å²) in [6.45, 7) is 1.45. The van der Waals surface area contributed by atoms with Gasteiger partial charge in [-0.25, -0.2) is 4.39 Å². The lowest BCUT2D eigenvalue weighted by Crippen LogP contribution is -2.37. The predicted octanol–water partition coefficient (Wildman–Crippen LogP) is 3.36. The minimum Gasteiger partial charge on any atom is -0.395 e. The molecule has 0 fully saturated rings. The fourth-order valence-electron chi connectivity index (χ4n) is 2.45. The van der Waals surface area contributed by atoms with E-state index in [0.29, 0.717) is 10.0 Å². The maximum Gasteiger partial charge on any atom is 0.127 e. The Morgan fingerprint density at radius 3 is 2.38 bits per heavy atom. The lowest BCUT2D eigenvalue weighted by molar-refractivity contribution is 0.115. The van der Waals surface area contributed by atoms with E-state index in [1.165, 1.54) is 6.07 Å². The van der Waals surface area contributed by atoms with Gasteiger partial charge in [-0.3, -0.25) is 0 Å². The third-order valence-electron chi connectivity index (χ3n) is 3.78. The molecule has 21 heavy (non-hydrogen) atoms. The summed E-state index contributed by atoms with van der Waals surface area (Å²) in [5, 5.41) is 19.7. The molecule has 0 unspecified atom stereocenters. The van der Waals surface area contributed by atoms with Crippen molar-refractivity contribution in [3.63, 3.8) is 0 Å². The molecule has 0 amide bonds. The minimum absolute atomic E-state index is 0.239. The summed E-state index contributed by atoms with van der Waals surface area (Å²) >= 11 is 3.23. The summed E-state index contributed by atoms with van der Waals surface area (Å²) in [5.74, 6) is -0.344. The average Bonchev–Trinajstić information content (AvgIpc) is 2.47. The van der Waals surface area contributed by atoms with Crippen molar-refractivity contribution in [1.29, 1.82) is 0 Å². The van der Waals surface area contributed by atoms with E-state index in [-0.39, 0.29) is 25.5 Å². The van der Waals surface area contributed by atoms with Gasteiger partial charge in [-0.1, -0.05) is 51.8 Å². The first-order valence-electron chi connectivity index (χ1n) is 6.73. The quantitative estimate of drug-likeness (QED) is 0.866. The van der Waals surface area contributed by atoms with Crippen molar-refractivity contribution in [2.24, 2.45) is 0 Å². The summed E-state index contributed by atoms with van der Waals surface area (Å²) in [6, 6.07) is 12.4. The van der Waals surface area contributed by atoms with Gasteiger partial charge in [-0.2, -0.15) is 0 Å². The third-order valence-corrected chi connectivity index (χ3v) is 4.27. The monoisotopic (exact) mass is 352 g/mol. The molecule has 0 saturated heterocycles. The lowest BCUT2D eigenvalue weighted by Gasteiger charge is -2.31. The van der Waals surface area contributed by atoms with Crippen molar-refractivity contribution in [3.8, 4) is 0 Å². The van der Waals surface area contributed by atoms with Crippen molar-refractivity contribution in [1.82, 2.24) is 0 Å². The van der Waals surface area contributed by atoms with Crippen molar-refractivity contribution < 1.29 is 14.6 Å². The van der Waals surface area contributed by atoms with E-state index in [0.717, 1.165) is 11.1 Å². The van der Waals surface area contributed by atoms with Gasteiger partial charge in [-0.05, 0) is 36.6 Å². The molecule has 0 heterocycles. The van der Waals surface area contributed by atoms with E-state index in [1.54, 1.807) is 12.1 Å². The second kappa shape index (κ2) is 6.69. The second-order valence-corrected chi connectivity index (χ2v) is 6.29. The van der Waals surface area contributed by atoms with E-state index < -0.39 is 5.41 Å². The highest BCUT2D eigenvalue weighted by molar-refractivity contribution is 9.10. The third kappa shape index (κ3) is 3.51. The molecule has 0 aromatic heterocycles. The van der Waals surface area contributed by atoms with Gasteiger partial charge in [0.2, 0.25) is 0 Å². The molecule has 2 aromatic carbocycles. The first-order valence-corrected chi connectivity index (χ1v) is 7.53. The number of aliphatic hydroxyl groups is 2. The van der Waals surface area contributed by atoms with Crippen LogP contribution >= 0.6 is 15.9 Å². The van der Waals surface area contributed by atoms with Gasteiger partial charge in [0.05, 0.1) is 13.2 Å². The highest BCUT2D eigenvalue weighted by Crippen LogP contribution is 2.30. The molecule has 0 aliphatic rings. The molecule has 112 valence electrons. The molecule has 0 radical (unpaired) electrons. The van der Waals surface area contributed by atoms with Crippen LogP contribution in [0.4, 0.5) is 4.39 Å². The van der Waals surface area contributed by atoms with E-state index in [1.807, 2.05) is 31.2 Å². The maximum absolute atomic E-state index is 14.1. The highest BCUT2D eigenvalue weighted by Gasteiger charge is 2.32. The number of hydrogen-bond donors (Lipinski definition) is 2. The van der Waals surface area contributed by atoms with Crippen LogP contribution in [0.15, 0.2) is 46.9 Å². The Labute approximate surface area is 132 Å². The highest BCUT2D eigenvalue weighted by atomic mass is 79.9. The van der Waals surface area contributed by atoms with Crippen LogP contribution in [0.5, 0.6) is 0 Å². The summed E-state index contributed by atoms with van der Waals surface area (Å²) in [4.78, 5) is 0. The van der Waals surface area contributed by atoms with Gasteiger partial charge >= 0.3 is 0 Å². The van der Waals surface area contributed by atoms with Gasteiger partial charge in [0.15, 0.2) is 0 Å². The molecule has 0 atom stereocenters. The van der Waals surface area contributed by atoms with Crippen LogP contribution < -0.4 is 0 Å². The topological polar surface area (TPSA) is 40.5 Å².